The fourth-order valence-corrected chi connectivity index (χ4v) is 3.89. The van der Waals surface area contributed by atoms with Crippen molar-refractivity contribution in [3.05, 3.63) is 0 Å². The predicted molar refractivity (Wildman–Crippen MR) is 79.0 cm³/mol. The molecule has 2 fully saturated rings. The molecule has 2 N–H and O–H groups in total. The number of nitrogens with one attached hydrogen (secondary N) is 1. The van der Waals surface area contributed by atoms with E-state index in [0.717, 1.165) is 32.1 Å². The molecule has 1 amide bonds. The Kier molecular flexibility index (Phi) is 4.49. The van der Waals surface area contributed by atoms with Crippen molar-refractivity contribution in [1.82, 2.24) is 5.32 Å². The monoisotopic (exact) mass is 297 g/mol. The summed E-state index contributed by atoms with van der Waals surface area (Å²) in [6.45, 7) is 5.46. The summed E-state index contributed by atoms with van der Waals surface area (Å²) >= 11 is 0. The molecule has 0 aromatic heterocycles. The summed E-state index contributed by atoms with van der Waals surface area (Å²) in [6, 6.07) is -0.0865. The van der Waals surface area contributed by atoms with Crippen molar-refractivity contribution in [1.29, 1.82) is 0 Å². The number of alkyl carbamates (subject to hydrolysis) is 1. The number of hydrogen-bond acceptors (Lipinski definition) is 3. The zero-order valence-electron chi connectivity index (χ0n) is 13.3. The summed E-state index contributed by atoms with van der Waals surface area (Å²) in [5.74, 6) is -0.427. The summed E-state index contributed by atoms with van der Waals surface area (Å²) in [5.41, 5.74) is -1.17. The van der Waals surface area contributed by atoms with Gasteiger partial charge in [0.05, 0.1) is 5.41 Å². The standard InChI is InChI=1S/C16H27NO4/c1-15(2,3)21-14(20)17-12-8-9-16(10-12,13(18)19)11-6-4-5-7-11/h11-12H,4-10H2,1-3H3,(H,17,20)(H,18,19)/t12-,16+/m1/s1. The van der Waals surface area contributed by atoms with E-state index in [4.69, 9.17) is 4.74 Å². The average Bonchev–Trinajstić information content (AvgIpc) is 2.94. The number of aliphatic carboxylic acids is 1. The lowest BCUT2D eigenvalue weighted by molar-refractivity contribution is -0.152. The Morgan fingerprint density at radius 2 is 1.81 bits per heavy atom. The lowest BCUT2D eigenvalue weighted by Crippen LogP contribution is -2.41. The molecule has 0 aliphatic heterocycles. The quantitative estimate of drug-likeness (QED) is 0.838. The molecule has 0 aromatic carbocycles. The lowest BCUT2D eigenvalue weighted by atomic mass is 9.73. The fraction of sp³-hybridized carbons (Fsp3) is 0.875. The molecule has 0 spiro atoms. The van der Waals surface area contributed by atoms with Gasteiger partial charge in [0.2, 0.25) is 0 Å². The number of hydrogen-bond donors (Lipinski definition) is 2. The van der Waals surface area contributed by atoms with Crippen LogP contribution < -0.4 is 5.32 Å². The van der Waals surface area contributed by atoms with Crippen LogP contribution in [0.3, 0.4) is 0 Å². The molecule has 0 bridgehead atoms. The molecule has 0 radical (unpaired) electrons. The maximum absolute atomic E-state index is 11.8. The van der Waals surface area contributed by atoms with Crippen LogP contribution in [0.25, 0.3) is 0 Å². The highest BCUT2D eigenvalue weighted by molar-refractivity contribution is 5.76. The summed E-state index contributed by atoms with van der Waals surface area (Å²) in [5, 5.41) is 12.6. The van der Waals surface area contributed by atoms with Gasteiger partial charge in [-0.2, -0.15) is 0 Å². The normalized spacial score (nSPS) is 30.3. The molecule has 2 atom stereocenters. The van der Waals surface area contributed by atoms with Gasteiger partial charge in [-0.05, 0) is 58.8 Å². The predicted octanol–water partition coefficient (Wildman–Crippen LogP) is 3.32. The Morgan fingerprint density at radius 3 is 2.33 bits per heavy atom. The van der Waals surface area contributed by atoms with E-state index in [1.807, 2.05) is 20.8 Å². The summed E-state index contributed by atoms with van der Waals surface area (Å²) in [7, 11) is 0. The molecular formula is C16H27NO4. The zero-order valence-corrected chi connectivity index (χ0v) is 13.3. The highest BCUT2D eigenvalue weighted by Gasteiger charge is 2.51. The first-order valence-electron chi connectivity index (χ1n) is 7.96. The molecule has 0 aromatic rings. The SMILES string of the molecule is CC(C)(C)OC(=O)N[C@@H]1CC[C@@](C(=O)O)(C2CCCC2)C1. The van der Waals surface area contributed by atoms with Gasteiger partial charge in [0.25, 0.3) is 0 Å². The van der Waals surface area contributed by atoms with Crippen LogP contribution >= 0.6 is 0 Å². The van der Waals surface area contributed by atoms with Gasteiger partial charge in [-0.15, -0.1) is 0 Å². The third-order valence-electron chi connectivity index (χ3n) is 4.83. The third kappa shape index (κ3) is 3.69. The van der Waals surface area contributed by atoms with Crippen LogP contribution in [0.2, 0.25) is 0 Å². The second-order valence-electron chi connectivity index (χ2n) is 7.53. The van der Waals surface area contributed by atoms with Crippen LogP contribution in [0.15, 0.2) is 0 Å². The van der Waals surface area contributed by atoms with Gasteiger partial charge in [0.15, 0.2) is 0 Å². The van der Waals surface area contributed by atoms with E-state index < -0.39 is 23.1 Å². The minimum atomic E-state index is -0.692. The van der Waals surface area contributed by atoms with E-state index in [1.165, 1.54) is 0 Å². The number of rotatable bonds is 3. The van der Waals surface area contributed by atoms with Crippen LogP contribution in [-0.2, 0) is 9.53 Å². The minimum Gasteiger partial charge on any atom is -0.481 e. The van der Waals surface area contributed by atoms with Crippen molar-refractivity contribution in [3.8, 4) is 0 Å². The van der Waals surface area contributed by atoms with E-state index in [2.05, 4.69) is 5.32 Å². The van der Waals surface area contributed by atoms with Gasteiger partial charge >= 0.3 is 12.1 Å². The smallest absolute Gasteiger partial charge is 0.407 e. The van der Waals surface area contributed by atoms with Crippen molar-refractivity contribution in [2.75, 3.05) is 0 Å². The van der Waals surface area contributed by atoms with E-state index in [-0.39, 0.29) is 12.0 Å². The highest BCUT2D eigenvalue weighted by Crippen LogP contribution is 2.50. The van der Waals surface area contributed by atoms with Crippen LogP contribution in [0.4, 0.5) is 4.79 Å². The van der Waals surface area contributed by atoms with E-state index in [0.29, 0.717) is 12.8 Å². The van der Waals surface area contributed by atoms with Crippen molar-refractivity contribution in [3.63, 3.8) is 0 Å². The molecule has 5 heteroatoms. The number of amides is 1. The molecule has 0 heterocycles. The first-order chi connectivity index (χ1) is 9.73. The maximum Gasteiger partial charge on any atom is 0.407 e. The molecule has 2 rings (SSSR count). The van der Waals surface area contributed by atoms with Crippen LogP contribution in [0, 0.1) is 11.3 Å². The van der Waals surface area contributed by atoms with Crippen molar-refractivity contribution in [2.45, 2.75) is 77.4 Å². The lowest BCUT2D eigenvalue weighted by Gasteiger charge is -2.31. The number of carbonyl (C=O) groups is 2. The minimum absolute atomic E-state index is 0.0865. The van der Waals surface area contributed by atoms with Crippen LogP contribution in [0.1, 0.15) is 65.7 Å². The molecule has 2 aliphatic rings. The largest absolute Gasteiger partial charge is 0.481 e. The molecule has 5 nitrogen and oxygen atoms in total. The fourth-order valence-electron chi connectivity index (χ4n) is 3.89. The van der Waals surface area contributed by atoms with Crippen molar-refractivity contribution < 1.29 is 19.4 Å². The van der Waals surface area contributed by atoms with Gasteiger partial charge in [0, 0.05) is 6.04 Å². The van der Waals surface area contributed by atoms with Crippen molar-refractivity contribution >= 4 is 12.1 Å². The summed E-state index contributed by atoms with van der Waals surface area (Å²) in [4.78, 5) is 23.7. The summed E-state index contributed by atoms with van der Waals surface area (Å²) < 4.78 is 5.26. The molecule has 0 unspecified atom stereocenters. The molecular weight excluding hydrogens is 270 g/mol. The van der Waals surface area contributed by atoms with Crippen LogP contribution in [0.5, 0.6) is 0 Å². The number of carboxylic acids is 1. The van der Waals surface area contributed by atoms with Gasteiger partial charge in [-0.25, -0.2) is 4.79 Å². The van der Waals surface area contributed by atoms with Gasteiger partial charge in [0.1, 0.15) is 5.60 Å². The second-order valence-corrected chi connectivity index (χ2v) is 7.53. The zero-order chi connectivity index (χ0) is 15.7. The second kappa shape index (κ2) is 5.85. The van der Waals surface area contributed by atoms with Gasteiger partial charge in [-0.3, -0.25) is 4.79 Å². The molecule has 2 aliphatic carbocycles. The number of ether oxygens (including phenoxy) is 1. The average molecular weight is 297 g/mol. The molecule has 0 saturated heterocycles. The highest BCUT2D eigenvalue weighted by atomic mass is 16.6. The van der Waals surface area contributed by atoms with Crippen molar-refractivity contribution in [2.24, 2.45) is 11.3 Å². The van der Waals surface area contributed by atoms with E-state index in [1.54, 1.807) is 0 Å². The van der Waals surface area contributed by atoms with E-state index in [9.17, 15) is 14.7 Å². The van der Waals surface area contributed by atoms with Gasteiger partial charge < -0.3 is 15.2 Å². The van der Waals surface area contributed by atoms with Gasteiger partial charge in [-0.1, -0.05) is 12.8 Å². The van der Waals surface area contributed by atoms with Crippen LogP contribution in [-0.4, -0.2) is 28.8 Å². The Labute approximate surface area is 126 Å². The first-order valence-corrected chi connectivity index (χ1v) is 7.96. The Balaban J connectivity index is 1.97. The Bertz CT molecular complexity index is 409. The number of carboxylic acid groups (broad SMARTS) is 1. The Hall–Kier alpha value is -1.26. The third-order valence-corrected chi connectivity index (χ3v) is 4.83. The molecule has 120 valence electrons. The number of carbonyl (C=O) groups excluding carboxylic acids is 1. The first kappa shape index (κ1) is 16.1. The summed E-state index contributed by atoms with van der Waals surface area (Å²) in [6.07, 6.45) is 5.74. The molecule has 2 saturated carbocycles. The Morgan fingerprint density at radius 1 is 1.19 bits per heavy atom. The molecule has 21 heavy (non-hydrogen) atoms. The maximum atomic E-state index is 11.8. The van der Waals surface area contributed by atoms with E-state index >= 15 is 0 Å². The topological polar surface area (TPSA) is 75.6 Å².